The van der Waals surface area contributed by atoms with Gasteiger partial charge in [-0.1, -0.05) is 24.3 Å². The number of hydrogen-bond donors (Lipinski definition) is 0. The van der Waals surface area contributed by atoms with E-state index in [9.17, 15) is 4.79 Å². The summed E-state index contributed by atoms with van der Waals surface area (Å²) in [6.45, 7) is 0. The van der Waals surface area contributed by atoms with Crippen LogP contribution < -0.4 is 4.74 Å². The molecule has 6 nitrogen and oxygen atoms in total. The van der Waals surface area contributed by atoms with Crippen LogP contribution in [0.1, 0.15) is 48.8 Å². The molecule has 0 spiro atoms. The number of aromatic nitrogens is 4. The Morgan fingerprint density at radius 1 is 0.929 bits per heavy atom. The third kappa shape index (κ3) is 3.19. The van der Waals surface area contributed by atoms with Crippen molar-refractivity contribution in [2.24, 2.45) is 0 Å². The fourth-order valence-corrected chi connectivity index (χ4v) is 4.33. The van der Waals surface area contributed by atoms with Gasteiger partial charge in [0.2, 0.25) is 5.88 Å². The van der Waals surface area contributed by atoms with Gasteiger partial charge in [0.15, 0.2) is 0 Å². The first-order valence-corrected chi connectivity index (χ1v) is 9.90. The Morgan fingerprint density at radius 2 is 1.75 bits per heavy atom. The van der Waals surface area contributed by atoms with Crippen LogP contribution in [0.2, 0.25) is 0 Å². The second-order valence-electron chi connectivity index (χ2n) is 7.59. The lowest BCUT2D eigenvalue weighted by atomic mass is 9.86. The number of carbonyl (C=O) groups is 1. The van der Waals surface area contributed by atoms with Crippen LogP contribution in [0, 0.1) is 0 Å². The van der Waals surface area contributed by atoms with Crippen molar-refractivity contribution in [2.45, 2.75) is 50.5 Å². The first-order valence-electron chi connectivity index (χ1n) is 9.90. The van der Waals surface area contributed by atoms with Crippen LogP contribution in [0.4, 0.5) is 0 Å². The van der Waals surface area contributed by atoms with Gasteiger partial charge in [-0.15, -0.1) is 10.2 Å². The minimum atomic E-state index is 0.187. The van der Waals surface area contributed by atoms with Gasteiger partial charge in [0.1, 0.15) is 23.5 Å². The summed E-state index contributed by atoms with van der Waals surface area (Å²) < 4.78 is 8.16. The van der Waals surface area contributed by atoms with E-state index in [2.05, 4.69) is 25.8 Å². The Hall–Kier alpha value is -3.02. The SMILES string of the molecule is O=C1Cc2ccccc2-n2c(nnc2C2CCC(Oc3ccccn3)CC2)C1. The highest BCUT2D eigenvalue weighted by molar-refractivity contribution is 5.84. The van der Waals surface area contributed by atoms with Crippen molar-refractivity contribution in [1.29, 1.82) is 0 Å². The fourth-order valence-electron chi connectivity index (χ4n) is 4.33. The highest BCUT2D eigenvalue weighted by Gasteiger charge is 2.31. The van der Waals surface area contributed by atoms with E-state index in [1.54, 1.807) is 6.20 Å². The van der Waals surface area contributed by atoms with Crippen LogP contribution in [0.25, 0.3) is 5.69 Å². The zero-order chi connectivity index (χ0) is 18.9. The normalized spacial score (nSPS) is 21.5. The molecule has 2 aromatic heterocycles. The molecule has 0 radical (unpaired) electrons. The third-order valence-electron chi connectivity index (χ3n) is 5.70. The number of fused-ring (bicyclic) bond motifs is 3. The van der Waals surface area contributed by atoms with E-state index in [-0.39, 0.29) is 11.9 Å². The molecular formula is C22H22N4O2. The van der Waals surface area contributed by atoms with Crippen molar-refractivity contribution in [3.8, 4) is 11.6 Å². The van der Waals surface area contributed by atoms with E-state index >= 15 is 0 Å². The Kier molecular flexibility index (Phi) is 4.39. The highest BCUT2D eigenvalue weighted by Crippen LogP contribution is 2.36. The van der Waals surface area contributed by atoms with E-state index < -0.39 is 0 Å². The number of Topliss-reactive ketones (excluding diaryl/α,β-unsaturated/α-hetero) is 1. The van der Waals surface area contributed by atoms with Gasteiger partial charge in [0.25, 0.3) is 0 Å². The van der Waals surface area contributed by atoms with Gasteiger partial charge >= 0.3 is 0 Å². The van der Waals surface area contributed by atoms with Gasteiger partial charge in [-0.3, -0.25) is 9.36 Å². The standard InChI is InChI=1S/C22H22N4O2/c27-17-13-16-5-1-2-6-19(16)26-20(14-17)24-25-22(26)15-8-10-18(11-9-15)28-21-7-3-4-12-23-21/h1-7,12,15,18H,8-11,13-14H2. The minimum Gasteiger partial charge on any atom is -0.474 e. The average molecular weight is 374 g/mol. The van der Waals surface area contributed by atoms with Crippen LogP contribution in [-0.4, -0.2) is 31.6 Å². The number of carbonyl (C=O) groups excluding carboxylic acids is 1. The summed E-state index contributed by atoms with van der Waals surface area (Å²) in [4.78, 5) is 16.6. The summed E-state index contributed by atoms with van der Waals surface area (Å²) in [7, 11) is 0. The molecule has 3 heterocycles. The maximum absolute atomic E-state index is 12.3. The van der Waals surface area contributed by atoms with Crippen molar-refractivity contribution in [3.63, 3.8) is 0 Å². The molecule has 1 fully saturated rings. The van der Waals surface area contributed by atoms with Crippen molar-refractivity contribution >= 4 is 5.78 Å². The molecule has 0 N–H and O–H groups in total. The van der Waals surface area contributed by atoms with Gasteiger partial charge in [0, 0.05) is 24.6 Å². The van der Waals surface area contributed by atoms with Crippen LogP contribution in [0.5, 0.6) is 5.88 Å². The Morgan fingerprint density at radius 3 is 2.57 bits per heavy atom. The molecule has 2 aliphatic rings. The molecule has 5 rings (SSSR count). The molecule has 1 aliphatic heterocycles. The lowest BCUT2D eigenvalue weighted by Crippen LogP contribution is -2.25. The van der Waals surface area contributed by atoms with Gasteiger partial charge in [-0.05, 0) is 43.4 Å². The van der Waals surface area contributed by atoms with Gasteiger partial charge in [-0.2, -0.15) is 0 Å². The predicted molar refractivity (Wildman–Crippen MR) is 104 cm³/mol. The minimum absolute atomic E-state index is 0.187. The Bertz CT molecular complexity index is 991. The molecule has 6 heteroatoms. The molecule has 0 saturated heterocycles. The van der Waals surface area contributed by atoms with Crippen LogP contribution in [-0.2, 0) is 17.6 Å². The number of rotatable bonds is 3. The van der Waals surface area contributed by atoms with Crippen LogP contribution in [0.15, 0.2) is 48.7 Å². The van der Waals surface area contributed by atoms with E-state index in [1.165, 1.54) is 0 Å². The number of hydrogen-bond acceptors (Lipinski definition) is 5. The second-order valence-corrected chi connectivity index (χ2v) is 7.59. The summed E-state index contributed by atoms with van der Waals surface area (Å²) in [5.74, 6) is 2.95. The van der Waals surface area contributed by atoms with Gasteiger partial charge in [0.05, 0.1) is 12.1 Å². The Labute approximate surface area is 163 Å². The van der Waals surface area contributed by atoms with Gasteiger partial charge < -0.3 is 4.74 Å². The first-order chi connectivity index (χ1) is 13.8. The largest absolute Gasteiger partial charge is 0.474 e. The molecule has 0 atom stereocenters. The number of nitrogens with zero attached hydrogens (tertiary/aromatic N) is 4. The Balaban J connectivity index is 1.38. The lowest BCUT2D eigenvalue weighted by molar-refractivity contribution is -0.117. The molecule has 0 amide bonds. The molecule has 142 valence electrons. The second kappa shape index (κ2) is 7.19. The van der Waals surface area contributed by atoms with E-state index in [4.69, 9.17) is 4.74 Å². The van der Waals surface area contributed by atoms with Crippen molar-refractivity contribution in [1.82, 2.24) is 19.7 Å². The molecule has 1 aromatic carbocycles. The van der Waals surface area contributed by atoms with Gasteiger partial charge in [-0.25, -0.2) is 4.98 Å². The van der Waals surface area contributed by atoms with E-state index in [1.807, 2.05) is 36.4 Å². The zero-order valence-corrected chi connectivity index (χ0v) is 15.6. The molecule has 28 heavy (non-hydrogen) atoms. The highest BCUT2D eigenvalue weighted by atomic mass is 16.5. The number of pyridine rings is 1. The zero-order valence-electron chi connectivity index (χ0n) is 15.6. The van der Waals surface area contributed by atoms with Crippen molar-refractivity contribution in [3.05, 3.63) is 65.9 Å². The summed E-state index contributed by atoms with van der Waals surface area (Å²) in [6.07, 6.45) is 6.66. The summed E-state index contributed by atoms with van der Waals surface area (Å²) in [6, 6.07) is 13.8. The van der Waals surface area contributed by atoms with E-state index in [0.717, 1.165) is 48.6 Å². The lowest BCUT2D eigenvalue weighted by Gasteiger charge is -2.28. The third-order valence-corrected chi connectivity index (χ3v) is 5.70. The number of para-hydroxylation sites is 1. The maximum Gasteiger partial charge on any atom is 0.213 e. The van der Waals surface area contributed by atoms with E-state index in [0.29, 0.717) is 24.6 Å². The number of ketones is 1. The molecule has 0 unspecified atom stereocenters. The number of ether oxygens (including phenoxy) is 1. The molecule has 3 aromatic rings. The number of benzene rings is 1. The van der Waals surface area contributed by atoms with Crippen LogP contribution in [0.3, 0.4) is 0 Å². The summed E-state index contributed by atoms with van der Waals surface area (Å²) in [5, 5.41) is 8.89. The predicted octanol–water partition coefficient (Wildman–Crippen LogP) is 3.44. The first kappa shape index (κ1) is 17.1. The fraction of sp³-hybridized carbons (Fsp3) is 0.364. The maximum atomic E-state index is 12.3. The average Bonchev–Trinajstić information content (AvgIpc) is 3.06. The molecular weight excluding hydrogens is 352 g/mol. The topological polar surface area (TPSA) is 69.9 Å². The quantitative estimate of drug-likeness (QED) is 0.702. The molecule has 0 bridgehead atoms. The molecule has 1 saturated carbocycles. The van der Waals surface area contributed by atoms with Crippen LogP contribution >= 0.6 is 0 Å². The smallest absolute Gasteiger partial charge is 0.213 e. The van der Waals surface area contributed by atoms with Crippen molar-refractivity contribution in [2.75, 3.05) is 0 Å². The monoisotopic (exact) mass is 374 g/mol. The summed E-state index contributed by atoms with van der Waals surface area (Å²) in [5.41, 5.74) is 2.11. The molecule has 1 aliphatic carbocycles. The summed E-state index contributed by atoms with van der Waals surface area (Å²) >= 11 is 0. The van der Waals surface area contributed by atoms with Crippen molar-refractivity contribution < 1.29 is 9.53 Å².